The fourth-order valence-electron chi connectivity index (χ4n) is 2.55. The number of piperidine rings is 1. The van der Waals surface area contributed by atoms with Crippen molar-refractivity contribution in [3.05, 3.63) is 29.8 Å². The molecule has 0 unspecified atom stereocenters. The molecule has 1 fully saturated rings. The van der Waals surface area contributed by atoms with Gasteiger partial charge in [-0.3, -0.25) is 9.69 Å². The van der Waals surface area contributed by atoms with Gasteiger partial charge in [0.05, 0.1) is 14.2 Å². The maximum atomic E-state index is 11.7. The van der Waals surface area contributed by atoms with E-state index in [9.17, 15) is 4.79 Å². The van der Waals surface area contributed by atoms with Crippen LogP contribution in [0.15, 0.2) is 24.3 Å². The molecule has 0 bridgehead atoms. The van der Waals surface area contributed by atoms with Gasteiger partial charge in [0.2, 0.25) is 0 Å². The van der Waals surface area contributed by atoms with Gasteiger partial charge in [0.25, 0.3) is 0 Å². The van der Waals surface area contributed by atoms with Crippen molar-refractivity contribution in [2.75, 3.05) is 27.3 Å². The van der Waals surface area contributed by atoms with Gasteiger partial charge in [-0.15, -0.1) is 24.8 Å². The molecule has 0 atom stereocenters. The van der Waals surface area contributed by atoms with Gasteiger partial charge in [-0.1, -0.05) is 12.1 Å². The van der Waals surface area contributed by atoms with Gasteiger partial charge in [-0.25, -0.2) is 0 Å². The third kappa shape index (κ3) is 5.02. The molecular weight excluding hydrogens is 327 g/mol. The molecule has 0 radical (unpaired) electrons. The van der Waals surface area contributed by atoms with E-state index in [-0.39, 0.29) is 30.8 Å². The molecule has 0 aromatic heterocycles. The van der Waals surface area contributed by atoms with Crippen molar-refractivity contribution in [2.24, 2.45) is 5.73 Å². The Bertz CT molecular complexity index is 478. The summed E-state index contributed by atoms with van der Waals surface area (Å²) in [7, 11) is 3.05. The van der Waals surface area contributed by atoms with Crippen LogP contribution in [0.2, 0.25) is 0 Å². The summed E-state index contributed by atoms with van der Waals surface area (Å²) in [5, 5.41) is 0. The Labute approximate surface area is 144 Å². The Morgan fingerprint density at radius 3 is 2.45 bits per heavy atom. The number of methoxy groups -OCH3 is 2. The maximum Gasteiger partial charge on any atom is 0.325 e. The van der Waals surface area contributed by atoms with E-state index in [4.69, 9.17) is 15.2 Å². The Morgan fingerprint density at radius 1 is 1.27 bits per heavy atom. The summed E-state index contributed by atoms with van der Waals surface area (Å²) in [6, 6.07) is 8.03. The molecule has 1 heterocycles. The van der Waals surface area contributed by atoms with Crippen molar-refractivity contribution < 1.29 is 14.3 Å². The molecule has 1 aliphatic heterocycles. The summed E-state index contributed by atoms with van der Waals surface area (Å²) < 4.78 is 10.0. The number of carbonyl (C=O) groups excluding carboxylic acids is 1. The zero-order chi connectivity index (χ0) is 14.6. The van der Waals surface area contributed by atoms with E-state index in [0.717, 1.165) is 25.4 Å². The molecule has 1 aliphatic rings. The quantitative estimate of drug-likeness (QED) is 0.841. The van der Waals surface area contributed by atoms with Gasteiger partial charge < -0.3 is 15.2 Å². The molecule has 2 N–H and O–H groups in total. The summed E-state index contributed by atoms with van der Waals surface area (Å²) in [5.41, 5.74) is 6.47. The number of likely N-dealkylation sites (tertiary alicyclic amines) is 1. The highest BCUT2D eigenvalue weighted by Gasteiger charge is 2.38. The second-order valence-electron chi connectivity index (χ2n) is 5.28. The normalized spacial score (nSPS) is 16.9. The Hall–Kier alpha value is -1.01. The highest BCUT2D eigenvalue weighted by Crippen LogP contribution is 2.23. The van der Waals surface area contributed by atoms with E-state index in [0.29, 0.717) is 12.8 Å². The average molecular weight is 351 g/mol. The standard InChI is InChI=1S/C15H22N2O3.2ClH/c1-19-13-5-3-4-12(10-13)11-17-8-6-15(16,7-9-17)14(18)20-2;;/h3-5,10H,6-9,11,16H2,1-2H3;2*1H. The summed E-state index contributed by atoms with van der Waals surface area (Å²) >= 11 is 0. The summed E-state index contributed by atoms with van der Waals surface area (Å²) in [6.07, 6.45) is 1.26. The van der Waals surface area contributed by atoms with Crippen LogP contribution in [0.3, 0.4) is 0 Å². The highest BCUT2D eigenvalue weighted by atomic mass is 35.5. The summed E-state index contributed by atoms with van der Waals surface area (Å²) in [6.45, 7) is 2.43. The number of benzene rings is 1. The summed E-state index contributed by atoms with van der Waals surface area (Å²) in [5.74, 6) is 0.556. The number of ether oxygens (including phenoxy) is 2. The fraction of sp³-hybridized carbons (Fsp3) is 0.533. The van der Waals surface area contributed by atoms with E-state index in [1.807, 2.05) is 18.2 Å². The smallest absolute Gasteiger partial charge is 0.325 e. The van der Waals surface area contributed by atoms with E-state index >= 15 is 0 Å². The third-order valence-electron chi connectivity index (χ3n) is 3.88. The molecule has 1 aromatic rings. The first-order chi connectivity index (χ1) is 9.57. The van der Waals surface area contributed by atoms with Gasteiger partial charge in [0, 0.05) is 19.6 Å². The number of hydrogen-bond donors (Lipinski definition) is 1. The van der Waals surface area contributed by atoms with Gasteiger partial charge in [0.1, 0.15) is 11.3 Å². The largest absolute Gasteiger partial charge is 0.497 e. The minimum Gasteiger partial charge on any atom is -0.497 e. The lowest BCUT2D eigenvalue weighted by molar-refractivity contribution is -0.149. The molecule has 5 nitrogen and oxygen atoms in total. The van der Waals surface area contributed by atoms with Crippen LogP contribution in [0.25, 0.3) is 0 Å². The van der Waals surface area contributed by atoms with Gasteiger partial charge >= 0.3 is 5.97 Å². The number of hydrogen-bond acceptors (Lipinski definition) is 5. The third-order valence-corrected chi connectivity index (χ3v) is 3.88. The second-order valence-corrected chi connectivity index (χ2v) is 5.28. The maximum absolute atomic E-state index is 11.7. The predicted molar refractivity (Wildman–Crippen MR) is 90.9 cm³/mol. The first-order valence-electron chi connectivity index (χ1n) is 6.80. The number of nitrogens with two attached hydrogens (primary N) is 1. The molecular formula is C15H24Cl2N2O3. The van der Waals surface area contributed by atoms with Crippen molar-refractivity contribution >= 4 is 30.8 Å². The molecule has 0 saturated carbocycles. The first kappa shape index (κ1) is 21.0. The Balaban J connectivity index is 0.00000220. The van der Waals surface area contributed by atoms with Crippen LogP contribution in [-0.2, 0) is 16.1 Å². The molecule has 7 heteroatoms. The number of halogens is 2. The molecule has 0 aliphatic carbocycles. The van der Waals surface area contributed by atoms with Crippen molar-refractivity contribution in [3.8, 4) is 5.75 Å². The van der Waals surface area contributed by atoms with E-state index in [1.54, 1.807) is 7.11 Å². The molecule has 0 spiro atoms. The van der Waals surface area contributed by atoms with Crippen molar-refractivity contribution in [3.63, 3.8) is 0 Å². The lowest BCUT2D eigenvalue weighted by Gasteiger charge is -2.37. The molecule has 126 valence electrons. The number of nitrogens with zero attached hydrogens (tertiary/aromatic N) is 1. The Morgan fingerprint density at radius 2 is 1.91 bits per heavy atom. The molecule has 22 heavy (non-hydrogen) atoms. The van der Waals surface area contributed by atoms with Crippen LogP contribution in [0, 0.1) is 0 Å². The first-order valence-corrected chi connectivity index (χ1v) is 6.80. The lowest BCUT2D eigenvalue weighted by Crippen LogP contribution is -2.55. The van der Waals surface area contributed by atoms with Gasteiger partial charge in [0.15, 0.2) is 0 Å². The molecule has 2 rings (SSSR count). The van der Waals surface area contributed by atoms with Crippen molar-refractivity contribution in [1.29, 1.82) is 0 Å². The van der Waals surface area contributed by atoms with Crippen molar-refractivity contribution in [1.82, 2.24) is 4.90 Å². The SMILES string of the molecule is COC(=O)C1(N)CCN(Cc2cccc(OC)c2)CC1.Cl.Cl. The van der Waals surface area contributed by atoms with Crippen molar-refractivity contribution in [2.45, 2.75) is 24.9 Å². The highest BCUT2D eigenvalue weighted by molar-refractivity contribution is 5.85. The number of esters is 1. The predicted octanol–water partition coefficient (Wildman–Crippen LogP) is 2.01. The molecule has 0 amide bonds. The van der Waals surface area contributed by atoms with E-state index in [2.05, 4.69) is 11.0 Å². The number of carbonyl (C=O) groups is 1. The van der Waals surface area contributed by atoms with Crippen LogP contribution in [0.5, 0.6) is 5.75 Å². The minimum absolute atomic E-state index is 0. The Kier molecular flexibility index (Phi) is 8.78. The second kappa shape index (κ2) is 9.20. The average Bonchev–Trinajstić information content (AvgIpc) is 2.49. The van der Waals surface area contributed by atoms with Crippen LogP contribution in [0.1, 0.15) is 18.4 Å². The molecule has 1 saturated heterocycles. The minimum atomic E-state index is -0.820. The monoisotopic (exact) mass is 350 g/mol. The van der Waals surface area contributed by atoms with Gasteiger partial charge in [-0.05, 0) is 30.5 Å². The number of rotatable bonds is 4. The topological polar surface area (TPSA) is 64.8 Å². The van der Waals surface area contributed by atoms with Crippen LogP contribution in [-0.4, -0.2) is 43.7 Å². The van der Waals surface area contributed by atoms with E-state index in [1.165, 1.54) is 12.7 Å². The van der Waals surface area contributed by atoms with Crippen LogP contribution >= 0.6 is 24.8 Å². The molecule has 1 aromatic carbocycles. The fourth-order valence-corrected chi connectivity index (χ4v) is 2.55. The van der Waals surface area contributed by atoms with Gasteiger partial charge in [-0.2, -0.15) is 0 Å². The zero-order valence-corrected chi connectivity index (χ0v) is 14.5. The lowest BCUT2D eigenvalue weighted by atomic mass is 9.88. The van der Waals surface area contributed by atoms with E-state index < -0.39 is 5.54 Å². The van der Waals surface area contributed by atoms with Crippen LogP contribution in [0.4, 0.5) is 0 Å². The zero-order valence-electron chi connectivity index (χ0n) is 12.9. The summed E-state index contributed by atoms with van der Waals surface area (Å²) in [4.78, 5) is 13.9. The van der Waals surface area contributed by atoms with Crippen LogP contribution < -0.4 is 10.5 Å².